The molecule has 1 aromatic heterocycles. The van der Waals surface area contributed by atoms with Gasteiger partial charge >= 0.3 is 5.97 Å². The van der Waals surface area contributed by atoms with Crippen molar-refractivity contribution in [3.63, 3.8) is 0 Å². The first kappa shape index (κ1) is 26.7. The van der Waals surface area contributed by atoms with E-state index in [-0.39, 0.29) is 24.4 Å². The Bertz CT molecular complexity index is 1540. The van der Waals surface area contributed by atoms with Gasteiger partial charge in [-0.1, -0.05) is 59.6 Å². The molecule has 5 rings (SSSR count). The minimum absolute atomic E-state index is 0.0937. The van der Waals surface area contributed by atoms with Gasteiger partial charge in [-0.3, -0.25) is 9.59 Å². The number of nitrogens with one attached hydrogen (secondary N) is 2. The Morgan fingerprint density at radius 2 is 1.74 bits per heavy atom. The number of halogens is 2. The zero-order valence-corrected chi connectivity index (χ0v) is 22.5. The number of hydrogen-bond donors (Lipinski definition) is 2. The van der Waals surface area contributed by atoms with Crippen LogP contribution >= 0.6 is 23.2 Å². The number of aromatic nitrogens is 1. The molecule has 2 unspecified atom stereocenters. The average Bonchev–Trinajstić information content (AvgIpc) is 3.34. The zero-order valence-electron chi connectivity index (χ0n) is 20.9. The van der Waals surface area contributed by atoms with Gasteiger partial charge in [-0.15, -0.1) is 0 Å². The molecule has 39 heavy (non-hydrogen) atoms. The molecule has 1 aliphatic heterocycles. The molecule has 0 bridgehead atoms. The summed E-state index contributed by atoms with van der Waals surface area (Å²) in [6, 6.07) is 18.0. The highest BCUT2D eigenvalue weighted by Crippen LogP contribution is 2.45. The molecular weight excluding hydrogens is 541 g/mol. The molecule has 4 aromatic rings. The van der Waals surface area contributed by atoms with Crippen LogP contribution in [0, 0.1) is 0 Å². The number of H-pyrrole nitrogens is 1. The van der Waals surface area contributed by atoms with Crippen molar-refractivity contribution in [2.75, 3.05) is 20.3 Å². The number of carbonyl (C=O) groups is 3. The normalized spacial score (nSPS) is 16.7. The number of hydrogen-bond acceptors (Lipinski definition) is 5. The van der Waals surface area contributed by atoms with Gasteiger partial charge in [0.1, 0.15) is 6.04 Å². The maximum absolute atomic E-state index is 13.8. The van der Waals surface area contributed by atoms with Crippen LogP contribution in [0.2, 0.25) is 10.0 Å². The smallest absolute Gasteiger partial charge is 0.336 e. The SMILES string of the molecule is COCCNC(=O)C1c2ccccc2C(=O)N(OC(=O)Cc2ccc(Cl)cc2)C1c1c[nH]c2cc(Cl)ccc12. The summed E-state index contributed by atoms with van der Waals surface area (Å²) in [5.74, 6) is -2.39. The lowest BCUT2D eigenvalue weighted by Crippen LogP contribution is -2.48. The second-order valence-corrected chi connectivity index (χ2v) is 10.00. The molecule has 10 heteroatoms. The number of nitrogens with zero attached hydrogens (tertiary/aromatic N) is 1. The van der Waals surface area contributed by atoms with Crippen molar-refractivity contribution < 1.29 is 24.0 Å². The summed E-state index contributed by atoms with van der Waals surface area (Å²) >= 11 is 12.2. The van der Waals surface area contributed by atoms with Gasteiger partial charge in [-0.2, -0.15) is 5.06 Å². The maximum atomic E-state index is 13.8. The van der Waals surface area contributed by atoms with E-state index in [9.17, 15) is 14.4 Å². The van der Waals surface area contributed by atoms with E-state index in [1.807, 2.05) is 6.07 Å². The molecule has 0 aliphatic carbocycles. The first-order valence-corrected chi connectivity index (χ1v) is 13.0. The fourth-order valence-electron chi connectivity index (χ4n) is 4.86. The number of methoxy groups -OCH3 is 1. The van der Waals surface area contributed by atoms with E-state index >= 15 is 0 Å². The van der Waals surface area contributed by atoms with Gasteiger partial charge in [0.05, 0.1) is 18.9 Å². The average molecular weight is 566 g/mol. The highest BCUT2D eigenvalue weighted by Gasteiger charge is 2.47. The molecule has 3 aromatic carbocycles. The minimum Gasteiger partial charge on any atom is -0.383 e. The van der Waals surface area contributed by atoms with Gasteiger partial charge in [0, 0.05) is 51.9 Å². The third-order valence-electron chi connectivity index (χ3n) is 6.64. The van der Waals surface area contributed by atoms with Crippen molar-refractivity contribution in [3.05, 3.63) is 105 Å². The van der Waals surface area contributed by atoms with Crippen LogP contribution < -0.4 is 5.32 Å². The van der Waals surface area contributed by atoms with Crippen LogP contribution in [0.1, 0.15) is 39.0 Å². The summed E-state index contributed by atoms with van der Waals surface area (Å²) in [5, 5.41) is 5.73. The van der Waals surface area contributed by atoms with Crippen molar-refractivity contribution in [2.45, 2.75) is 18.4 Å². The van der Waals surface area contributed by atoms with Crippen molar-refractivity contribution >= 4 is 51.9 Å². The highest BCUT2D eigenvalue weighted by molar-refractivity contribution is 6.31. The molecule has 2 atom stereocenters. The molecule has 2 amide bonds. The van der Waals surface area contributed by atoms with Crippen LogP contribution in [0.3, 0.4) is 0 Å². The van der Waals surface area contributed by atoms with E-state index in [4.69, 9.17) is 32.8 Å². The number of carbonyl (C=O) groups excluding carboxylic acids is 3. The molecule has 8 nitrogen and oxygen atoms in total. The van der Waals surface area contributed by atoms with Crippen molar-refractivity contribution in [2.24, 2.45) is 0 Å². The lowest BCUT2D eigenvalue weighted by Gasteiger charge is -2.39. The number of rotatable bonds is 8. The quantitative estimate of drug-likeness (QED) is 0.285. The number of hydroxylamine groups is 2. The maximum Gasteiger partial charge on any atom is 0.336 e. The molecule has 0 spiro atoms. The fourth-order valence-corrected chi connectivity index (χ4v) is 5.16. The van der Waals surface area contributed by atoms with Crippen molar-refractivity contribution in [1.82, 2.24) is 15.4 Å². The number of amides is 2. The molecule has 1 aliphatic rings. The summed E-state index contributed by atoms with van der Waals surface area (Å²) < 4.78 is 5.10. The van der Waals surface area contributed by atoms with Gasteiger partial charge in [0.25, 0.3) is 5.91 Å². The number of benzene rings is 3. The topological polar surface area (TPSA) is 101 Å². The lowest BCUT2D eigenvalue weighted by molar-refractivity contribution is -0.189. The predicted molar refractivity (Wildman–Crippen MR) is 148 cm³/mol. The Morgan fingerprint density at radius 3 is 2.51 bits per heavy atom. The molecule has 2 N–H and O–H groups in total. The number of fused-ring (bicyclic) bond motifs is 2. The first-order chi connectivity index (χ1) is 18.9. The monoisotopic (exact) mass is 565 g/mol. The predicted octanol–water partition coefficient (Wildman–Crippen LogP) is 5.22. The molecule has 0 saturated carbocycles. The summed E-state index contributed by atoms with van der Waals surface area (Å²) in [4.78, 5) is 49.6. The van der Waals surface area contributed by atoms with Crippen molar-refractivity contribution in [3.8, 4) is 0 Å². The largest absolute Gasteiger partial charge is 0.383 e. The zero-order chi connectivity index (χ0) is 27.5. The summed E-state index contributed by atoms with van der Waals surface area (Å²) in [5.41, 5.74) is 2.81. The van der Waals surface area contributed by atoms with E-state index in [1.54, 1.807) is 74.0 Å². The Kier molecular flexibility index (Phi) is 7.88. The van der Waals surface area contributed by atoms with Gasteiger partial charge in [0.2, 0.25) is 5.91 Å². The van der Waals surface area contributed by atoms with E-state index in [2.05, 4.69) is 10.3 Å². The minimum atomic E-state index is -0.959. The Hall–Kier alpha value is -3.85. The molecule has 2 heterocycles. The van der Waals surface area contributed by atoms with Gasteiger partial charge in [-0.05, 0) is 41.5 Å². The van der Waals surface area contributed by atoms with Crippen molar-refractivity contribution in [1.29, 1.82) is 0 Å². The van der Waals surface area contributed by atoms with Gasteiger partial charge < -0.3 is 19.9 Å². The van der Waals surface area contributed by atoms with E-state index in [0.717, 1.165) is 16.0 Å². The molecule has 0 saturated heterocycles. The standard InChI is InChI=1S/C29H25Cl2N3O5/c1-38-13-12-32-28(36)26-21-4-2-3-5-22(21)29(37)34(39-25(35)14-17-6-8-18(30)9-7-17)27(26)23-16-33-24-15-19(31)10-11-20(23)24/h2-11,15-16,26-27,33H,12-14H2,1H3,(H,32,36). The summed E-state index contributed by atoms with van der Waals surface area (Å²) in [6.07, 6.45) is 1.62. The second kappa shape index (κ2) is 11.5. The van der Waals surface area contributed by atoms with Crippen LogP contribution in [0.15, 0.2) is 72.9 Å². The van der Waals surface area contributed by atoms with E-state index < -0.39 is 23.8 Å². The summed E-state index contributed by atoms with van der Waals surface area (Å²) in [7, 11) is 1.54. The number of aromatic amines is 1. The second-order valence-electron chi connectivity index (χ2n) is 9.12. The molecular formula is C29H25Cl2N3O5. The van der Waals surface area contributed by atoms with Gasteiger partial charge in [0.15, 0.2) is 0 Å². The Morgan fingerprint density at radius 1 is 1.00 bits per heavy atom. The van der Waals surface area contributed by atoms with Crippen LogP contribution in [-0.4, -0.2) is 48.1 Å². The Labute approximate surface area is 234 Å². The van der Waals surface area contributed by atoms with Crippen LogP contribution in [0.4, 0.5) is 0 Å². The van der Waals surface area contributed by atoms with Gasteiger partial charge in [-0.25, -0.2) is 4.79 Å². The van der Waals surface area contributed by atoms with E-state index in [1.165, 1.54) is 0 Å². The fraction of sp³-hybridized carbons (Fsp3) is 0.207. The summed E-state index contributed by atoms with van der Waals surface area (Å²) in [6.45, 7) is 0.587. The lowest BCUT2D eigenvalue weighted by atomic mass is 9.80. The first-order valence-electron chi connectivity index (χ1n) is 12.3. The van der Waals surface area contributed by atoms with Crippen LogP contribution in [0.5, 0.6) is 0 Å². The van der Waals surface area contributed by atoms with Crippen LogP contribution in [-0.2, 0) is 25.6 Å². The third kappa shape index (κ3) is 5.49. The molecule has 200 valence electrons. The third-order valence-corrected chi connectivity index (χ3v) is 7.13. The Balaban J connectivity index is 1.59. The van der Waals surface area contributed by atoms with E-state index in [0.29, 0.717) is 33.3 Å². The van der Waals surface area contributed by atoms with Crippen LogP contribution in [0.25, 0.3) is 10.9 Å². The molecule has 0 radical (unpaired) electrons. The molecule has 0 fully saturated rings. The highest BCUT2D eigenvalue weighted by atomic mass is 35.5. The number of ether oxygens (including phenoxy) is 1.